The topological polar surface area (TPSA) is 28.5 Å². The summed E-state index contributed by atoms with van der Waals surface area (Å²) in [7, 11) is 2.06. The number of aryl methyl sites for hydroxylation is 1. The molecule has 3 heterocycles. The van der Waals surface area contributed by atoms with Crippen LogP contribution in [-0.4, -0.2) is 52.2 Å². The van der Waals surface area contributed by atoms with Gasteiger partial charge in [0.05, 0.1) is 11.4 Å². The Hall–Kier alpha value is -0.940. The van der Waals surface area contributed by atoms with Crippen LogP contribution in [0.4, 0.5) is 0 Å². The maximum Gasteiger partial charge on any atom is 0.233 e. The van der Waals surface area contributed by atoms with Crippen molar-refractivity contribution < 1.29 is 4.79 Å². The first kappa shape index (κ1) is 15.0. The van der Waals surface area contributed by atoms with E-state index in [0.29, 0.717) is 11.7 Å². The molecule has 4 nitrogen and oxygen atoms in total. The Morgan fingerprint density at radius 3 is 2.71 bits per heavy atom. The quantitative estimate of drug-likeness (QED) is 0.756. The van der Waals surface area contributed by atoms with Crippen molar-refractivity contribution in [3.63, 3.8) is 0 Å². The Morgan fingerprint density at radius 1 is 1.24 bits per heavy atom. The number of likely N-dealkylation sites (tertiary alicyclic amines) is 1. The summed E-state index contributed by atoms with van der Waals surface area (Å²) in [5, 5.41) is 0.212. The summed E-state index contributed by atoms with van der Waals surface area (Å²) in [6, 6.07) is 4.19. The lowest BCUT2D eigenvalue weighted by Gasteiger charge is -2.25. The second-order valence-corrected chi connectivity index (χ2v) is 7.12. The molecular weight excluding hydrogens is 282 g/mol. The summed E-state index contributed by atoms with van der Waals surface area (Å²) in [5.41, 5.74) is 1.24. The molecule has 1 aromatic heterocycles. The van der Waals surface area contributed by atoms with E-state index in [9.17, 15) is 4.79 Å². The molecule has 2 fully saturated rings. The molecule has 0 aliphatic carbocycles. The number of aromatic nitrogens is 1. The van der Waals surface area contributed by atoms with Gasteiger partial charge in [-0.25, -0.2) is 0 Å². The van der Waals surface area contributed by atoms with E-state index >= 15 is 0 Å². The van der Waals surface area contributed by atoms with Gasteiger partial charge in [-0.3, -0.25) is 4.79 Å². The summed E-state index contributed by atoms with van der Waals surface area (Å²) in [6.07, 6.45) is 7.09. The first-order valence-corrected chi connectivity index (χ1v) is 9.05. The van der Waals surface area contributed by atoms with Gasteiger partial charge in [0.1, 0.15) is 5.37 Å². The third-order valence-corrected chi connectivity index (χ3v) is 5.75. The molecule has 0 spiro atoms. The Kier molecular flexibility index (Phi) is 4.91. The zero-order valence-electron chi connectivity index (χ0n) is 12.8. The highest BCUT2D eigenvalue weighted by molar-refractivity contribution is 8.00. The third-order valence-electron chi connectivity index (χ3n) is 4.53. The zero-order valence-corrected chi connectivity index (χ0v) is 13.6. The molecule has 1 amide bonds. The van der Waals surface area contributed by atoms with Crippen LogP contribution in [0.2, 0.25) is 0 Å². The normalized spacial score (nSPS) is 23.4. The van der Waals surface area contributed by atoms with E-state index in [2.05, 4.69) is 39.7 Å². The SMILES string of the molecule is Cn1cccc1C1SCC(=O)N1CCCCN1CCCC1. The molecule has 2 aliphatic heterocycles. The van der Waals surface area contributed by atoms with Crippen molar-refractivity contribution in [2.45, 2.75) is 31.1 Å². The van der Waals surface area contributed by atoms with Gasteiger partial charge in [-0.2, -0.15) is 0 Å². The van der Waals surface area contributed by atoms with E-state index in [1.807, 2.05) is 0 Å². The largest absolute Gasteiger partial charge is 0.352 e. The third kappa shape index (κ3) is 3.46. The van der Waals surface area contributed by atoms with Gasteiger partial charge in [0.25, 0.3) is 0 Å². The fourth-order valence-electron chi connectivity index (χ4n) is 3.30. The summed E-state index contributed by atoms with van der Waals surface area (Å²) >= 11 is 1.76. The standard InChI is InChI=1S/C16H25N3OS/c1-17-8-6-7-14(17)16-19(15(20)13-21-16)12-5-4-11-18-9-2-3-10-18/h6-8,16H,2-5,9-13H2,1H3. The monoisotopic (exact) mass is 307 g/mol. The fourth-order valence-corrected chi connectivity index (χ4v) is 4.58. The summed E-state index contributed by atoms with van der Waals surface area (Å²) in [5.74, 6) is 0.925. The van der Waals surface area contributed by atoms with Crippen molar-refractivity contribution in [3.8, 4) is 0 Å². The highest BCUT2D eigenvalue weighted by Gasteiger charge is 2.33. The van der Waals surface area contributed by atoms with E-state index < -0.39 is 0 Å². The molecule has 0 saturated carbocycles. The average molecular weight is 307 g/mol. The summed E-state index contributed by atoms with van der Waals surface area (Å²) in [4.78, 5) is 16.8. The lowest BCUT2D eigenvalue weighted by atomic mass is 10.2. The molecule has 116 valence electrons. The van der Waals surface area contributed by atoms with Crippen LogP contribution in [0, 0.1) is 0 Å². The summed E-state index contributed by atoms with van der Waals surface area (Å²) < 4.78 is 2.13. The highest BCUT2D eigenvalue weighted by Crippen LogP contribution is 2.38. The molecule has 2 saturated heterocycles. The van der Waals surface area contributed by atoms with Crippen LogP contribution in [0.3, 0.4) is 0 Å². The number of amides is 1. The Morgan fingerprint density at radius 2 is 2.00 bits per heavy atom. The van der Waals surface area contributed by atoms with Gasteiger partial charge in [-0.05, 0) is 57.5 Å². The molecule has 0 N–H and O–H groups in total. The van der Waals surface area contributed by atoms with Gasteiger partial charge in [0.15, 0.2) is 0 Å². The van der Waals surface area contributed by atoms with Crippen LogP contribution in [0.1, 0.15) is 36.8 Å². The Balaban J connectivity index is 1.50. The predicted molar refractivity (Wildman–Crippen MR) is 87.2 cm³/mol. The lowest BCUT2D eigenvalue weighted by Crippen LogP contribution is -2.30. The number of hydrogen-bond donors (Lipinski definition) is 0. The van der Waals surface area contributed by atoms with Gasteiger partial charge in [-0.15, -0.1) is 11.8 Å². The minimum atomic E-state index is 0.212. The molecule has 1 atom stereocenters. The number of unbranched alkanes of at least 4 members (excludes halogenated alkanes) is 1. The van der Waals surface area contributed by atoms with E-state index in [0.717, 1.165) is 13.0 Å². The van der Waals surface area contributed by atoms with E-state index in [-0.39, 0.29) is 5.37 Å². The number of nitrogens with zero attached hydrogens (tertiary/aromatic N) is 3. The molecule has 5 heteroatoms. The minimum absolute atomic E-state index is 0.212. The molecular formula is C16H25N3OS. The highest BCUT2D eigenvalue weighted by atomic mass is 32.2. The number of carbonyl (C=O) groups is 1. The second kappa shape index (κ2) is 6.88. The van der Waals surface area contributed by atoms with Gasteiger partial charge in [0.2, 0.25) is 5.91 Å². The molecule has 3 rings (SSSR count). The van der Waals surface area contributed by atoms with Crippen molar-refractivity contribution in [1.82, 2.24) is 14.4 Å². The zero-order chi connectivity index (χ0) is 14.7. The predicted octanol–water partition coefficient (Wildman–Crippen LogP) is 2.48. The molecule has 1 unspecified atom stereocenters. The number of hydrogen-bond acceptors (Lipinski definition) is 3. The van der Waals surface area contributed by atoms with E-state index in [1.54, 1.807) is 11.8 Å². The van der Waals surface area contributed by atoms with Crippen molar-refractivity contribution in [2.75, 3.05) is 31.9 Å². The van der Waals surface area contributed by atoms with Crippen LogP contribution in [0.25, 0.3) is 0 Å². The lowest BCUT2D eigenvalue weighted by molar-refractivity contribution is -0.128. The number of thioether (sulfide) groups is 1. The molecule has 0 aromatic carbocycles. The Labute approximate surface area is 131 Å². The molecule has 2 aliphatic rings. The maximum absolute atomic E-state index is 12.1. The van der Waals surface area contributed by atoms with Gasteiger partial charge in [-0.1, -0.05) is 0 Å². The van der Waals surface area contributed by atoms with Crippen molar-refractivity contribution in [1.29, 1.82) is 0 Å². The van der Waals surface area contributed by atoms with Crippen molar-refractivity contribution in [3.05, 3.63) is 24.0 Å². The van der Waals surface area contributed by atoms with E-state index in [4.69, 9.17) is 0 Å². The first-order valence-electron chi connectivity index (χ1n) is 8.00. The van der Waals surface area contributed by atoms with Crippen LogP contribution < -0.4 is 0 Å². The van der Waals surface area contributed by atoms with Crippen LogP contribution in [0.15, 0.2) is 18.3 Å². The number of rotatable bonds is 6. The minimum Gasteiger partial charge on any atom is -0.352 e. The van der Waals surface area contributed by atoms with Gasteiger partial charge < -0.3 is 14.4 Å². The fraction of sp³-hybridized carbons (Fsp3) is 0.688. The maximum atomic E-state index is 12.1. The van der Waals surface area contributed by atoms with Crippen molar-refractivity contribution >= 4 is 17.7 Å². The van der Waals surface area contributed by atoms with Gasteiger partial charge in [0, 0.05) is 19.8 Å². The van der Waals surface area contributed by atoms with Crippen LogP contribution in [0.5, 0.6) is 0 Å². The average Bonchev–Trinajstić information content (AvgIpc) is 3.18. The summed E-state index contributed by atoms with van der Waals surface area (Å²) in [6.45, 7) is 4.63. The molecule has 1 aromatic rings. The van der Waals surface area contributed by atoms with Crippen LogP contribution in [-0.2, 0) is 11.8 Å². The van der Waals surface area contributed by atoms with Crippen molar-refractivity contribution in [2.24, 2.45) is 7.05 Å². The molecule has 0 bridgehead atoms. The van der Waals surface area contributed by atoms with Gasteiger partial charge >= 0.3 is 0 Å². The number of carbonyl (C=O) groups excluding carboxylic acids is 1. The Bertz CT molecular complexity index is 482. The molecule has 0 radical (unpaired) electrons. The second-order valence-electron chi connectivity index (χ2n) is 6.05. The van der Waals surface area contributed by atoms with Crippen LogP contribution >= 0.6 is 11.8 Å². The van der Waals surface area contributed by atoms with E-state index in [1.165, 1.54) is 44.6 Å². The first-order chi connectivity index (χ1) is 10.3. The smallest absolute Gasteiger partial charge is 0.233 e. The molecule has 21 heavy (non-hydrogen) atoms.